The molecular formula is C24H28N4O2. The van der Waals surface area contributed by atoms with E-state index < -0.39 is 0 Å². The van der Waals surface area contributed by atoms with Crippen LogP contribution in [0.25, 0.3) is 0 Å². The van der Waals surface area contributed by atoms with E-state index in [1.165, 1.54) is 12.8 Å². The second-order valence-electron chi connectivity index (χ2n) is 8.98. The molecule has 5 rings (SSSR count). The van der Waals surface area contributed by atoms with Gasteiger partial charge in [0.15, 0.2) is 5.78 Å². The Morgan fingerprint density at radius 1 is 1.30 bits per heavy atom. The maximum atomic E-state index is 13.2. The lowest BCUT2D eigenvalue weighted by molar-refractivity contribution is 0.0962. The Morgan fingerprint density at radius 2 is 2.10 bits per heavy atom. The molecule has 0 radical (unpaired) electrons. The third-order valence-electron chi connectivity index (χ3n) is 6.36. The van der Waals surface area contributed by atoms with Gasteiger partial charge in [0.1, 0.15) is 23.9 Å². The van der Waals surface area contributed by atoms with E-state index in [9.17, 15) is 4.79 Å². The monoisotopic (exact) mass is 404 g/mol. The molecule has 3 aliphatic rings. The van der Waals surface area contributed by atoms with E-state index in [-0.39, 0.29) is 18.2 Å². The van der Waals surface area contributed by atoms with Crippen molar-refractivity contribution in [1.29, 1.82) is 5.41 Å². The van der Waals surface area contributed by atoms with Crippen LogP contribution in [0.15, 0.2) is 24.3 Å². The summed E-state index contributed by atoms with van der Waals surface area (Å²) in [6.07, 6.45) is 2.38. The topological polar surface area (TPSA) is 69.5 Å². The summed E-state index contributed by atoms with van der Waals surface area (Å²) in [4.78, 5) is 22.0. The smallest absolute Gasteiger partial charge is 0.182 e. The van der Waals surface area contributed by atoms with Crippen molar-refractivity contribution in [2.45, 2.75) is 45.1 Å². The normalized spacial score (nSPS) is 17.8. The van der Waals surface area contributed by atoms with E-state index in [0.29, 0.717) is 30.5 Å². The predicted octanol–water partition coefficient (Wildman–Crippen LogP) is 3.93. The Kier molecular flexibility index (Phi) is 4.53. The molecule has 30 heavy (non-hydrogen) atoms. The Labute approximate surface area is 177 Å². The predicted molar refractivity (Wildman–Crippen MR) is 117 cm³/mol. The molecular weight excluding hydrogens is 376 g/mol. The maximum absolute atomic E-state index is 13.2. The van der Waals surface area contributed by atoms with E-state index in [4.69, 9.17) is 15.1 Å². The van der Waals surface area contributed by atoms with Crippen molar-refractivity contribution in [3.05, 3.63) is 52.3 Å². The lowest BCUT2D eigenvalue weighted by atomic mass is 9.95. The summed E-state index contributed by atoms with van der Waals surface area (Å²) >= 11 is 0. The molecule has 0 unspecified atom stereocenters. The number of aromatic nitrogens is 1. The summed E-state index contributed by atoms with van der Waals surface area (Å²) in [5.41, 5.74) is 5.60. The van der Waals surface area contributed by atoms with Gasteiger partial charge in [-0.25, -0.2) is 4.98 Å². The summed E-state index contributed by atoms with van der Waals surface area (Å²) in [5, 5.41) is 8.58. The summed E-state index contributed by atoms with van der Waals surface area (Å²) < 4.78 is 5.94. The fraction of sp³-hybridized carbons (Fsp3) is 0.458. The van der Waals surface area contributed by atoms with Gasteiger partial charge in [0.05, 0.1) is 18.8 Å². The molecule has 3 heterocycles. The number of pyridine rings is 1. The zero-order valence-electron chi connectivity index (χ0n) is 17.9. The number of anilines is 1. The molecule has 0 atom stereocenters. The van der Waals surface area contributed by atoms with Gasteiger partial charge in [-0.1, -0.05) is 19.9 Å². The van der Waals surface area contributed by atoms with Crippen LogP contribution in [0.1, 0.15) is 71.4 Å². The van der Waals surface area contributed by atoms with Crippen molar-refractivity contribution < 1.29 is 9.53 Å². The van der Waals surface area contributed by atoms with Crippen LogP contribution >= 0.6 is 0 Å². The SMILES string of the molecule is CC(C)c1cc(C(=O)CN2Cc3ccc(C4CC4)nc3C2=N)cc2c1OCCN2C. The number of hydrogen-bond donors (Lipinski definition) is 1. The molecule has 1 aromatic carbocycles. The third kappa shape index (κ3) is 3.24. The van der Waals surface area contributed by atoms with Crippen molar-refractivity contribution in [2.75, 3.05) is 31.6 Å². The Morgan fingerprint density at radius 3 is 2.83 bits per heavy atom. The highest BCUT2D eigenvalue weighted by Crippen LogP contribution is 2.41. The van der Waals surface area contributed by atoms with E-state index in [2.05, 4.69) is 30.9 Å². The molecule has 1 saturated carbocycles. The van der Waals surface area contributed by atoms with Crippen LogP contribution in [0.3, 0.4) is 0 Å². The van der Waals surface area contributed by atoms with Crippen LogP contribution in [0.5, 0.6) is 5.75 Å². The van der Waals surface area contributed by atoms with Crippen molar-refractivity contribution in [1.82, 2.24) is 9.88 Å². The van der Waals surface area contributed by atoms with Gasteiger partial charge in [0.25, 0.3) is 0 Å². The zero-order valence-corrected chi connectivity index (χ0v) is 17.9. The first-order valence-corrected chi connectivity index (χ1v) is 10.8. The number of likely N-dealkylation sites (N-methyl/N-ethyl adjacent to an activating group) is 1. The minimum absolute atomic E-state index is 0.0265. The standard InChI is InChI=1S/C24H28N4O2/c1-14(2)18-10-17(11-20-23(18)30-9-8-27(20)3)21(29)13-28-12-16-6-7-19(15-4-5-15)26-22(16)24(28)25/h6-7,10-11,14-15,25H,4-5,8-9,12-13H2,1-3H3. The van der Waals surface area contributed by atoms with Crippen LogP contribution in [0, 0.1) is 5.41 Å². The van der Waals surface area contributed by atoms with Crippen LogP contribution < -0.4 is 9.64 Å². The molecule has 0 amide bonds. The molecule has 0 bridgehead atoms. The first-order chi connectivity index (χ1) is 14.4. The average Bonchev–Trinajstić information content (AvgIpc) is 3.53. The Hall–Kier alpha value is -2.89. The summed E-state index contributed by atoms with van der Waals surface area (Å²) in [6.45, 7) is 6.48. The first kappa shape index (κ1) is 19.1. The van der Waals surface area contributed by atoms with Gasteiger partial charge in [-0.2, -0.15) is 0 Å². The third-order valence-corrected chi connectivity index (χ3v) is 6.36. The fourth-order valence-corrected chi connectivity index (χ4v) is 4.35. The molecule has 0 spiro atoms. The fourth-order valence-electron chi connectivity index (χ4n) is 4.35. The number of fused-ring (bicyclic) bond motifs is 2. The quantitative estimate of drug-likeness (QED) is 0.765. The Bertz CT molecular complexity index is 1020. The van der Waals surface area contributed by atoms with Gasteiger partial charge in [-0.05, 0) is 42.5 Å². The van der Waals surface area contributed by atoms with Gasteiger partial charge >= 0.3 is 0 Å². The zero-order chi connectivity index (χ0) is 21.0. The Balaban J connectivity index is 1.40. The average molecular weight is 405 g/mol. The van der Waals surface area contributed by atoms with Crippen molar-refractivity contribution in [2.24, 2.45) is 0 Å². The minimum atomic E-state index is 0.0265. The number of amidine groups is 1. The van der Waals surface area contributed by atoms with Crippen LogP contribution in [0.2, 0.25) is 0 Å². The van der Waals surface area contributed by atoms with Gasteiger partial charge in [0.2, 0.25) is 0 Å². The van der Waals surface area contributed by atoms with Gasteiger partial charge in [-0.3, -0.25) is 10.2 Å². The number of ketones is 1. The van der Waals surface area contributed by atoms with E-state index >= 15 is 0 Å². The van der Waals surface area contributed by atoms with E-state index in [1.54, 1.807) is 0 Å². The molecule has 1 N–H and O–H groups in total. The van der Waals surface area contributed by atoms with Gasteiger partial charge < -0.3 is 14.5 Å². The first-order valence-electron chi connectivity index (χ1n) is 10.8. The highest BCUT2D eigenvalue weighted by atomic mass is 16.5. The van der Waals surface area contributed by atoms with Crippen molar-refractivity contribution in [3.63, 3.8) is 0 Å². The van der Waals surface area contributed by atoms with E-state index in [1.807, 2.05) is 24.1 Å². The molecule has 1 fully saturated rings. The number of carbonyl (C=O) groups excluding carboxylic acids is 1. The maximum Gasteiger partial charge on any atom is 0.182 e. The van der Waals surface area contributed by atoms with Crippen molar-refractivity contribution >= 4 is 17.3 Å². The number of rotatable bonds is 5. The van der Waals surface area contributed by atoms with Crippen LogP contribution in [-0.2, 0) is 6.54 Å². The molecule has 2 aliphatic heterocycles. The van der Waals surface area contributed by atoms with Crippen molar-refractivity contribution in [3.8, 4) is 5.75 Å². The van der Waals surface area contributed by atoms with Gasteiger partial charge in [0, 0.05) is 36.3 Å². The second-order valence-corrected chi connectivity index (χ2v) is 8.98. The lowest BCUT2D eigenvalue weighted by Gasteiger charge is -2.31. The summed E-state index contributed by atoms with van der Waals surface area (Å²) in [7, 11) is 2.04. The lowest BCUT2D eigenvalue weighted by Crippen LogP contribution is -2.32. The number of benzene rings is 1. The number of ether oxygens (including phenoxy) is 1. The summed E-state index contributed by atoms with van der Waals surface area (Å²) in [5.74, 6) is 2.11. The molecule has 6 heteroatoms. The van der Waals surface area contributed by atoms with E-state index in [0.717, 1.165) is 40.5 Å². The summed E-state index contributed by atoms with van der Waals surface area (Å²) in [6, 6.07) is 8.08. The minimum Gasteiger partial charge on any atom is -0.489 e. The highest BCUT2D eigenvalue weighted by Gasteiger charge is 2.32. The number of nitrogens with one attached hydrogen (secondary N) is 1. The van der Waals surface area contributed by atoms with Crippen LogP contribution in [0.4, 0.5) is 5.69 Å². The second kappa shape index (κ2) is 7.11. The van der Waals surface area contributed by atoms with Gasteiger partial charge in [-0.15, -0.1) is 0 Å². The molecule has 0 saturated heterocycles. The molecule has 156 valence electrons. The number of nitrogens with zero attached hydrogens (tertiary/aromatic N) is 3. The largest absolute Gasteiger partial charge is 0.489 e. The molecule has 6 nitrogen and oxygen atoms in total. The number of hydrogen-bond acceptors (Lipinski definition) is 5. The molecule has 1 aliphatic carbocycles. The number of Topliss-reactive ketones (excluding diaryl/α,β-unsaturated/α-hetero) is 1. The number of carbonyl (C=O) groups is 1. The highest BCUT2D eigenvalue weighted by molar-refractivity contribution is 6.05. The van der Waals surface area contributed by atoms with Crippen LogP contribution in [-0.4, -0.2) is 48.2 Å². The molecule has 1 aromatic heterocycles. The molecule has 2 aromatic rings.